The van der Waals surface area contributed by atoms with Gasteiger partial charge in [0.2, 0.25) is 0 Å². The summed E-state index contributed by atoms with van der Waals surface area (Å²) in [5.41, 5.74) is 2.63. The van der Waals surface area contributed by atoms with Crippen LogP contribution in [0.5, 0.6) is 0 Å². The van der Waals surface area contributed by atoms with Crippen molar-refractivity contribution in [2.45, 2.75) is 41.0 Å². The van der Waals surface area contributed by atoms with Crippen molar-refractivity contribution in [3.63, 3.8) is 0 Å². The molecule has 0 spiro atoms. The minimum Gasteiger partial charge on any atom is -0.465 e. The van der Waals surface area contributed by atoms with Crippen LogP contribution in [0.2, 0.25) is 0 Å². The van der Waals surface area contributed by atoms with E-state index in [4.69, 9.17) is 0 Å². The maximum absolute atomic E-state index is 11.4. The lowest BCUT2D eigenvalue weighted by Crippen LogP contribution is -2.14. The average molecular weight is 316 g/mol. The van der Waals surface area contributed by atoms with Gasteiger partial charge in [-0.15, -0.1) is 0 Å². The molecule has 0 radical (unpaired) electrons. The summed E-state index contributed by atoms with van der Waals surface area (Å²) >= 11 is 0. The van der Waals surface area contributed by atoms with E-state index >= 15 is 0 Å². The van der Waals surface area contributed by atoms with Crippen molar-refractivity contribution in [2.24, 2.45) is 11.3 Å². The first-order valence-electron chi connectivity index (χ1n) is 7.93. The van der Waals surface area contributed by atoms with Crippen LogP contribution in [0.25, 0.3) is 0 Å². The molecule has 23 heavy (non-hydrogen) atoms. The van der Waals surface area contributed by atoms with E-state index in [1.54, 1.807) is 12.1 Å². The van der Waals surface area contributed by atoms with Crippen LogP contribution in [-0.2, 0) is 4.74 Å². The largest absolute Gasteiger partial charge is 0.465 e. The van der Waals surface area contributed by atoms with E-state index < -0.39 is 0 Å². The standard InChI is InChI=1S/C19H28N2O2/c1-8-19(5,6)14(4)11-16(13(2)3)21-17-10-9-15(12-20-17)18(22)23-7/h9-13H,4,8H2,1-3,5-7H3,(H,20,21)/b16-11+. The van der Waals surface area contributed by atoms with Gasteiger partial charge in [-0.3, -0.25) is 0 Å². The third-order valence-corrected chi connectivity index (χ3v) is 4.16. The van der Waals surface area contributed by atoms with E-state index in [1.807, 2.05) is 0 Å². The predicted octanol–water partition coefficient (Wildman–Crippen LogP) is 4.81. The molecule has 0 aliphatic heterocycles. The molecule has 0 aliphatic carbocycles. The van der Waals surface area contributed by atoms with Gasteiger partial charge in [-0.25, -0.2) is 9.78 Å². The minimum atomic E-state index is -0.387. The monoisotopic (exact) mass is 316 g/mol. The molecule has 0 amide bonds. The van der Waals surface area contributed by atoms with Crippen LogP contribution < -0.4 is 5.32 Å². The van der Waals surface area contributed by atoms with E-state index in [1.165, 1.54) is 13.3 Å². The lowest BCUT2D eigenvalue weighted by atomic mass is 9.81. The van der Waals surface area contributed by atoms with Gasteiger partial charge in [-0.2, -0.15) is 0 Å². The molecule has 4 heteroatoms. The molecule has 0 unspecified atom stereocenters. The normalized spacial score (nSPS) is 12.2. The highest BCUT2D eigenvalue weighted by Crippen LogP contribution is 2.31. The zero-order chi connectivity index (χ0) is 17.6. The Morgan fingerprint density at radius 1 is 1.43 bits per heavy atom. The number of nitrogens with one attached hydrogen (secondary N) is 1. The van der Waals surface area contributed by atoms with E-state index in [-0.39, 0.29) is 11.4 Å². The fraction of sp³-hybridized carbons (Fsp3) is 0.474. The van der Waals surface area contributed by atoms with Crippen molar-refractivity contribution in [2.75, 3.05) is 12.4 Å². The fourth-order valence-electron chi connectivity index (χ4n) is 1.81. The van der Waals surface area contributed by atoms with Gasteiger partial charge < -0.3 is 10.1 Å². The van der Waals surface area contributed by atoms with Gasteiger partial charge in [0.1, 0.15) is 5.82 Å². The molecular weight excluding hydrogens is 288 g/mol. The van der Waals surface area contributed by atoms with Crippen LogP contribution in [0.3, 0.4) is 0 Å². The smallest absolute Gasteiger partial charge is 0.339 e. The summed E-state index contributed by atoms with van der Waals surface area (Å²) in [6, 6.07) is 3.47. The number of carbonyl (C=O) groups excluding carboxylic acids is 1. The zero-order valence-electron chi connectivity index (χ0n) is 15.1. The topological polar surface area (TPSA) is 51.2 Å². The number of aromatic nitrogens is 1. The molecule has 4 nitrogen and oxygen atoms in total. The second-order valence-electron chi connectivity index (χ2n) is 6.57. The first-order chi connectivity index (χ1) is 10.7. The van der Waals surface area contributed by atoms with E-state index in [2.05, 4.69) is 62.3 Å². The van der Waals surface area contributed by atoms with E-state index in [0.717, 1.165) is 17.7 Å². The van der Waals surface area contributed by atoms with E-state index in [9.17, 15) is 4.79 Å². The SMILES string of the molecule is C=C(/C=C(/Nc1ccc(C(=O)OC)cn1)C(C)C)C(C)(C)CC. The van der Waals surface area contributed by atoms with Crippen molar-refractivity contribution in [1.82, 2.24) is 4.98 Å². The number of rotatable bonds is 7. The molecule has 0 aromatic carbocycles. The van der Waals surface area contributed by atoms with Crippen LogP contribution in [0, 0.1) is 11.3 Å². The maximum Gasteiger partial charge on any atom is 0.339 e. The Morgan fingerprint density at radius 3 is 2.52 bits per heavy atom. The number of allylic oxidation sites excluding steroid dienone is 3. The van der Waals surface area contributed by atoms with Crippen molar-refractivity contribution in [3.05, 3.63) is 47.8 Å². The Labute approximate surface area is 139 Å². The Hall–Kier alpha value is -2.10. The summed E-state index contributed by atoms with van der Waals surface area (Å²) in [6.45, 7) is 15.0. The molecule has 0 saturated carbocycles. The molecule has 1 N–H and O–H groups in total. The van der Waals surface area contributed by atoms with Gasteiger partial charge in [0, 0.05) is 11.9 Å². The maximum atomic E-state index is 11.4. The number of pyridine rings is 1. The minimum absolute atomic E-state index is 0.0595. The first kappa shape index (κ1) is 18.9. The molecular formula is C19H28N2O2. The predicted molar refractivity (Wildman–Crippen MR) is 95.3 cm³/mol. The summed E-state index contributed by atoms with van der Waals surface area (Å²) in [5.74, 6) is 0.614. The summed E-state index contributed by atoms with van der Waals surface area (Å²) in [5, 5.41) is 3.33. The number of anilines is 1. The quantitative estimate of drug-likeness (QED) is 0.579. The number of hydrogen-bond donors (Lipinski definition) is 1. The highest BCUT2D eigenvalue weighted by atomic mass is 16.5. The van der Waals surface area contributed by atoms with Crippen LogP contribution >= 0.6 is 0 Å². The summed E-state index contributed by atoms with van der Waals surface area (Å²) in [7, 11) is 1.36. The second-order valence-corrected chi connectivity index (χ2v) is 6.57. The molecule has 1 heterocycles. The molecule has 126 valence electrons. The second kappa shape index (κ2) is 7.95. The Balaban J connectivity index is 2.97. The highest BCUT2D eigenvalue weighted by molar-refractivity contribution is 5.89. The molecule has 0 fully saturated rings. The zero-order valence-corrected chi connectivity index (χ0v) is 15.1. The number of nitrogens with zero attached hydrogens (tertiary/aromatic N) is 1. The fourth-order valence-corrected chi connectivity index (χ4v) is 1.81. The third kappa shape index (κ3) is 5.23. The Bertz CT molecular complexity index is 584. The average Bonchev–Trinajstić information content (AvgIpc) is 2.53. The molecule has 0 aliphatic rings. The van der Waals surface area contributed by atoms with Crippen LogP contribution in [0.15, 0.2) is 42.3 Å². The van der Waals surface area contributed by atoms with Crippen molar-refractivity contribution >= 4 is 11.8 Å². The van der Waals surface area contributed by atoms with Gasteiger partial charge >= 0.3 is 5.97 Å². The number of esters is 1. The Morgan fingerprint density at radius 2 is 2.09 bits per heavy atom. The molecule has 0 bridgehead atoms. The van der Waals surface area contributed by atoms with Crippen LogP contribution in [0.1, 0.15) is 51.4 Å². The lowest BCUT2D eigenvalue weighted by molar-refractivity contribution is 0.0600. The number of ether oxygens (including phenoxy) is 1. The Kier molecular flexibility index (Phi) is 6.55. The first-order valence-corrected chi connectivity index (χ1v) is 7.93. The highest BCUT2D eigenvalue weighted by Gasteiger charge is 2.19. The van der Waals surface area contributed by atoms with Crippen molar-refractivity contribution < 1.29 is 9.53 Å². The summed E-state index contributed by atoms with van der Waals surface area (Å²) in [4.78, 5) is 15.7. The molecule has 1 rings (SSSR count). The number of hydrogen-bond acceptors (Lipinski definition) is 4. The molecule has 0 atom stereocenters. The van der Waals surface area contributed by atoms with Gasteiger partial charge in [-0.05, 0) is 41.5 Å². The molecule has 1 aromatic heterocycles. The van der Waals surface area contributed by atoms with Crippen LogP contribution in [-0.4, -0.2) is 18.1 Å². The summed E-state index contributed by atoms with van der Waals surface area (Å²) in [6.07, 6.45) is 4.64. The van der Waals surface area contributed by atoms with Gasteiger partial charge in [-0.1, -0.05) is 41.2 Å². The number of methoxy groups -OCH3 is 1. The molecule has 0 saturated heterocycles. The molecule has 1 aromatic rings. The lowest BCUT2D eigenvalue weighted by Gasteiger charge is -2.25. The van der Waals surface area contributed by atoms with Crippen molar-refractivity contribution in [1.29, 1.82) is 0 Å². The van der Waals surface area contributed by atoms with E-state index in [0.29, 0.717) is 17.3 Å². The van der Waals surface area contributed by atoms with Crippen molar-refractivity contribution in [3.8, 4) is 0 Å². The van der Waals surface area contributed by atoms with Gasteiger partial charge in [0.05, 0.1) is 12.7 Å². The van der Waals surface area contributed by atoms with Gasteiger partial charge in [0.25, 0.3) is 0 Å². The number of carbonyl (C=O) groups is 1. The van der Waals surface area contributed by atoms with Gasteiger partial charge in [0.15, 0.2) is 0 Å². The summed E-state index contributed by atoms with van der Waals surface area (Å²) < 4.78 is 4.68. The third-order valence-electron chi connectivity index (χ3n) is 4.16. The van der Waals surface area contributed by atoms with Crippen LogP contribution in [0.4, 0.5) is 5.82 Å².